The highest BCUT2D eigenvalue weighted by molar-refractivity contribution is 5.84. The Morgan fingerprint density at radius 2 is 1.57 bits per heavy atom. The molecule has 7 nitrogen and oxygen atoms in total. The summed E-state index contributed by atoms with van der Waals surface area (Å²) in [6, 6.07) is 0. The molecule has 1 aliphatic rings. The molecule has 0 aromatic carbocycles. The second kappa shape index (κ2) is 9.70. The summed E-state index contributed by atoms with van der Waals surface area (Å²) >= 11 is 0. The number of hydrogen-bond acceptors (Lipinski definition) is 5. The van der Waals surface area contributed by atoms with Gasteiger partial charge < -0.3 is 24.8 Å². The number of methoxy groups -OCH3 is 1. The van der Waals surface area contributed by atoms with Crippen molar-refractivity contribution in [2.24, 2.45) is 5.41 Å². The molecule has 0 spiro atoms. The van der Waals surface area contributed by atoms with Crippen LogP contribution in [0, 0.1) is 5.41 Å². The monoisotopic (exact) mass is 302 g/mol. The van der Waals surface area contributed by atoms with Crippen molar-refractivity contribution in [2.75, 3.05) is 53.2 Å². The van der Waals surface area contributed by atoms with Crippen LogP contribution in [0.4, 0.5) is 0 Å². The van der Waals surface area contributed by atoms with Crippen LogP contribution in [0.15, 0.2) is 0 Å². The molecule has 21 heavy (non-hydrogen) atoms. The van der Waals surface area contributed by atoms with Gasteiger partial charge in [-0.25, -0.2) is 0 Å². The van der Waals surface area contributed by atoms with Crippen LogP contribution < -0.4 is 10.6 Å². The zero-order chi connectivity index (χ0) is 15.6. The first-order valence-corrected chi connectivity index (χ1v) is 7.28. The van der Waals surface area contributed by atoms with Crippen LogP contribution in [0.25, 0.3) is 0 Å². The summed E-state index contributed by atoms with van der Waals surface area (Å²) in [4.78, 5) is 22.6. The predicted octanol–water partition coefficient (Wildman–Crippen LogP) is -0.301. The summed E-state index contributed by atoms with van der Waals surface area (Å²) < 4.78 is 15.3. The lowest BCUT2D eigenvalue weighted by molar-refractivity contribution is -0.126. The van der Waals surface area contributed by atoms with Gasteiger partial charge in [0.15, 0.2) is 0 Å². The van der Waals surface area contributed by atoms with Gasteiger partial charge in [0.05, 0.1) is 26.4 Å². The lowest BCUT2D eigenvalue weighted by Crippen LogP contribution is -2.33. The average molecular weight is 302 g/mol. The Bertz CT molecular complexity index is 331. The fraction of sp³-hybridized carbons (Fsp3) is 0.857. The van der Waals surface area contributed by atoms with E-state index in [2.05, 4.69) is 15.4 Å². The second-order valence-corrected chi connectivity index (χ2v) is 5.32. The molecular weight excluding hydrogens is 276 g/mol. The van der Waals surface area contributed by atoms with E-state index >= 15 is 0 Å². The molecule has 7 heteroatoms. The third kappa shape index (κ3) is 7.99. The normalized spacial score (nSPS) is 15.5. The topological polar surface area (TPSA) is 85.9 Å². The molecule has 0 saturated heterocycles. The lowest BCUT2D eigenvalue weighted by Gasteiger charge is -2.10. The number of amides is 2. The molecule has 1 aliphatic carbocycles. The van der Waals surface area contributed by atoms with Crippen molar-refractivity contribution in [3.8, 4) is 0 Å². The van der Waals surface area contributed by atoms with Crippen molar-refractivity contribution in [1.82, 2.24) is 10.6 Å². The van der Waals surface area contributed by atoms with Gasteiger partial charge in [0, 0.05) is 25.6 Å². The summed E-state index contributed by atoms with van der Waals surface area (Å²) in [6.07, 6.45) is 1.96. The third-order valence-electron chi connectivity index (χ3n) is 3.30. The first kappa shape index (κ1) is 17.9. The van der Waals surface area contributed by atoms with Crippen molar-refractivity contribution in [2.45, 2.75) is 19.8 Å². The summed E-state index contributed by atoms with van der Waals surface area (Å²) in [6.45, 7) is 4.88. The van der Waals surface area contributed by atoms with E-state index in [1.54, 1.807) is 0 Å². The van der Waals surface area contributed by atoms with Crippen LogP contribution in [0.2, 0.25) is 0 Å². The maximum Gasteiger partial charge on any atom is 0.246 e. The number of nitrogens with one attached hydrogen (secondary N) is 2. The Hall–Kier alpha value is -1.18. The van der Waals surface area contributed by atoms with Gasteiger partial charge in [-0.3, -0.25) is 9.59 Å². The highest BCUT2D eigenvalue weighted by Crippen LogP contribution is 2.44. The molecule has 0 aliphatic heterocycles. The highest BCUT2D eigenvalue weighted by Gasteiger charge is 2.44. The van der Waals surface area contributed by atoms with Gasteiger partial charge in [-0.05, 0) is 12.8 Å². The summed E-state index contributed by atoms with van der Waals surface area (Å²) in [5.74, 6) is -0.0356. The third-order valence-corrected chi connectivity index (χ3v) is 3.30. The number of rotatable bonds is 12. The minimum atomic E-state index is -0.155. The van der Waals surface area contributed by atoms with Gasteiger partial charge in [0.1, 0.15) is 6.61 Å². The first-order chi connectivity index (χ1) is 10.1. The number of carbonyl (C=O) groups is 2. The number of hydrogen-bond donors (Lipinski definition) is 2. The van der Waals surface area contributed by atoms with Crippen LogP contribution in [0.5, 0.6) is 0 Å². The van der Waals surface area contributed by atoms with Crippen molar-refractivity contribution in [1.29, 1.82) is 0 Å². The maximum absolute atomic E-state index is 11.6. The molecule has 0 atom stereocenters. The molecule has 0 aromatic heterocycles. The van der Waals surface area contributed by atoms with E-state index in [-0.39, 0.29) is 23.8 Å². The molecular formula is C14H26N2O5. The van der Waals surface area contributed by atoms with E-state index in [1.165, 1.54) is 7.11 Å². The Morgan fingerprint density at radius 3 is 2.10 bits per heavy atom. The SMILES string of the molecule is COCC(=O)NCCOCCOCCNC(=O)C1(C)CC1. The van der Waals surface area contributed by atoms with E-state index in [9.17, 15) is 9.59 Å². The van der Waals surface area contributed by atoms with Gasteiger partial charge in [0.2, 0.25) is 11.8 Å². The molecule has 122 valence electrons. The van der Waals surface area contributed by atoms with Gasteiger partial charge in [-0.15, -0.1) is 0 Å². The van der Waals surface area contributed by atoms with Crippen LogP contribution in [-0.4, -0.2) is 65.0 Å². The van der Waals surface area contributed by atoms with Crippen LogP contribution in [0.3, 0.4) is 0 Å². The molecule has 1 rings (SSSR count). The predicted molar refractivity (Wildman–Crippen MR) is 76.9 cm³/mol. The maximum atomic E-state index is 11.6. The summed E-state index contributed by atoms with van der Waals surface area (Å²) in [7, 11) is 1.47. The molecule has 1 fully saturated rings. The molecule has 0 heterocycles. The second-order valence-electron chi connectivity index (χ2n) is 5.32. The Labute approximate surface area is 125 Å². The fourth-order valence-corrected chi connectivity index (χ4v) is 1.63. The Morgan fingerprint density at radius 1 is 1.00 bits per heavy atom. The zero-order valence-electron chi connectivity index (χ0n) is 12.9. The molecule has 1 saturated carbocycles. The van der Waals surface area contributed by atoms with Gasteiger partial charge in [-0.2, -0.15) is 0 Å². The fourth-order valence-electron chi connectivity index (χ4n) is 1.63. The minimum Gasteiger partial charge on any atom is -0.377 e. The number of ether oxygens (including phenoxy) is 3. The zero-order valence-corrected chi connectivity index (χ0v) is 12.9. The largest absolute Gasteiger partial charge is 0.377 e. The van der Waals surface area contributed by atoms with E-state index < -0.39 is 0 Å². The van der Waals surface area contributed by atoms with E-state index in [1.807, 2.05) is 6.92 Å². The molecule has 2 N–H and O–H groups in total. The van der Waals surface area contributed by atoms with E-state index in [0.717, 1.165) is 12.8 Å². The molecule has 0 bridgehead atoms. The first-order valence-electron chi connectivity index (χ1n) is 7.28. The van der Waals surface area contributed by atoms with Crippen molar-refractivity contribution in [3.63, 3.8) is 0 Å². The van der Waals surface area contributed by atoms with Crippen LogP contribution >= 0.6 is 0 Å². The summed E-state index contributed by atoms with van der Waals surface area (Å²) in [5.41, 5.74) is -0.129. The average Bonchev–Trinajstić information content (AvgIpc) is 3.20. The summed E-state index contributed by atoms with van der Waals surface area (Å²) in [5, 5.41) is 5.51. The quantitative estimate of drug-likeness (QED) is 0.483. The number of carbonyl (C=O) groups excluding carboxylic acids is 2. The smallest absolute Gasteiger partial charge is 0.246 e. The molecule has 0 aromatic rings. The van der Waals surface area contributed by atoms with Crippen LogP contribution in [0.1, 0.15) is 19.8 Å². The van der Waals surface area contributed by atoms with Gasteiger partial charge in [0.25, 0.3) is 0 Å². The van der Waals surface area contributed by atoms with Crippen LogP contribution in [-0.2, 0) is 23.8 Å². The van der Waals surface area contributed by atoms with Crippen molar-refractivity contribution >= 4 is 11.8 Å². The standard InChI is InChI=1S/C14H26N2O5/c1-14(3-4-14)13(18)16-6-8-21-10-9-20-7-5-15-12(17)11-19-2/h3-11H2,1-2H3,(H,15,17)(H,16,18). The lowest BCUT2D eigenvalue weighted by atomic mass is 10.1. The minimum absolute atomic E-state index is 0.0634. The van der Waals surface area contributed by atoms with Crippen molar-refractivity contribution in [3.05, 3.63) is 0 Å². The molecule has 2 amide bonds. The van der Waals surface area contributed by atoms with Gasteiger partial charge in [-0.1, -0.05) is 6.92 Å². The Balaban J connectivity index is 1.78. The molecule has 0 radical (unpaired) electrons. The molecule has 0 unspecified atom stereocenters. The van der Waals surface area contributed by atoms with E-state index in [0.29, 0.717) is 39.5 Å². The van der Waals surface area contributed by atoms with Crippen molar-refractivity contribution < 1.29 is 23.8 Å². The Kier molecular flexibility index (Phi) is 8.26. The van der Waals surface area contributed by atoms with E-state index in [4.69, 9.17) is 9.47 Å². The highest BCUT2D eigenvalue weighted by atomic mass is 16.5. The van der Waals surface area contributed by atoms with Gasteiger partial charge >= 0.3 is 0 Å².